The predicted octanol–water partition coefficient (Wildman–Crippen LogP) is 2.19. The molecule has 1 aliphatic rings. The molecule has 4 heteroatoms. The lowest BCUT2D eigenvalue weighted by Gasteiger charge is -2.25. The molecule has 4 nitrogen and oxygen atoms in total. The smallest absolute Gasteiger partial charge is 0.234 e. The fraction of sp³-hybridized carbons (Fsp3) is 0.588. The molecule has 0 aromatic heterocycles. The minimum absolute atomic E-state index is 0.0749. The van der Waals surface area contributed by atoms with E-state index in [9.17, 15) is 4.79 Å². The van der Waals surface area contributed by atoms with Gasteiger partial charge in [-0.1, -0.05) is 30.3 Å². The molecule has 1 heterocycles. The first kappa shape index (κ1) is 16.0. The van der Waals surface area contributed by atoms with Crippen molar-refractivity contribution in [3.05, 3.63) is 35.9 Å². The fourth-order valence-corrected chi connectivity index (χ4v) is 2.58. The maximum atomic E-state index is 11.9. The number of ether oxygens (including phenoxy) is 1. The average Bonchev–Trinajstić information content (AvgIpc) is 2.53. The lowest BCUT2D eigenvalue weighted by molar-refractivity contribution is -0.122. The largest absolute Gasteiger partial charge is 0.378 e. The van der Waals surface area contributed by atoms with Gasteiger partial charge in [-0.2, -0.15) is 0 Å². The molecule has 0 radical (unpaired) electrons. The molecule has 1 aromatic carbocycles. The number of rotatable bonds is 7. The van der Waals surface area contributed by atoms with E-state index < -0.39 is 0 Å². The Bertz CT molecular complexity index is 416. The summed E-state index contributed by atoms with van der Waals surface area (Å²) in [4.78, 5) is 14.0. The maximum Gasteiger partial charge on any atom is 0.234 e. The summed E-state index contributed by atoms with van der Waals surface area (Å²) in [5.74, 6) is 0.0749. The summed E-state index contributed by atoms with van der Waals surface area (Å²) < 4.78 is 5.71. The summed E-state index contributed by atoms with van der Waals surface area (Å²) in [6, 6.07) is 9.98. The van der Waals surface area contributed by atoms with Gasteiger partial charge in [-0.3, -0.25) is 9.69 Å². The SMILES string of the molecule is CN(CC[C@@H]1CCCCO1)CC(=O)NCc1ccccc1. The lowest BCUT2D eigenvalue weighted by atomic mass is 10.1. The summed E-state index contributed by atoms with van der Waals surface area (Å²) >= 11 is 0. The molecule has 1 fully saturated rings. The molecule has 1 saturated heterocycles. The molecule has 0 spiro atoms. The Hall–Kier alpha value is -1.39. The van der Waals surface area contributed by atoms with Gasteiger partial charge in [0.15, 0.2) is 0 Å². The van der Waals surface area contributed by atoms with Crippen molar-refractivity contribution < 1.29 is 9.53 Å². The molecular weight excluding hydrogens is 264 g/mol. The number of carbonyl (C=O) groups excluding carboxylic acids is 1. The molecule has 0 unspecified atom stereocenters. The molecule has 0 saturated carbocycles. The van der Waals surface area contributed by atoms with E-state index in [2.05, 4.69) is 10.2 Å². The van der Waals surface area contributed by atoms with Crippen LogP contribution in [0, 0.1) is 0 Å². The van der Waals surface area contributed by atoms with Gasteiger partial charge < -0.3 is 10.1 Å². The van der Waals surface area contributed by atoms with Gasteiger partial charge in [0.2, 0.25) is 5.91 Å². The van der Waals surface area contributed by atoms with Crippen molar-refractivity contribution in [1.29, 1.82) is 0 Å². The van der Waals surface area contributed by atoms with E-state index >= 15 is 0 Å². The normalized spacial score (nSPS) is 18.7. The molecule has 2 rings (SSSR count). The second-order valence-electron chi connectivity index (χ2n) is 5.78. The number of nitrogens with one attached hydrogen (secondary N) is 1. The third kappa shape index (κ3) is 6.27. The van der Waals surface area contributed by atoms with Crippen LogP contribution in [-0.4, -0.2) is 43.7 Å². The van der Waals surface area contributed by atoms with Crippen LogP contribution in [0.3, 0.4) is 0 Å². The highest BCUT2D eigenvalue weighted by Crippen LogP contribution is 2.15. The van der Waals surface area contributed by atoms with Gasteiger partial charge in [0, 0.05) is 19.7 Å². The van der Waals surface area contributed by atoms with Crippen molar-refractivity contribution in [3.8, 4) is 0 Å². The Morgan fingerprint density at radius 2 is 2.14 bits per heavy atom. The Morgan fingerprint density at radius 3 is 2.86 bits per heavy atom. The van der Waals surface area contributed by atoms with Gasteiger partial charge in [-0.25, -0.2) is 0 Å². The molecule has 1 aromatic rings. The van der Waals surface area contributed by atoms with Gasteiger partial charge in [0.25, 0.3) is 0 Å². The first-order chi connectivity index (χ1) is 10.2. The van der Waals surface area contributed by atoms with Crippen molar-refractivity contribution in [1.82, 2.24) is 10.2 Å². The highest BCUT2D eigenvalue weighted by molar-refractivity contribution is 5.77. The first-order valence-corrected chi connectivity index (χ1v) is 7.85. The van der Waals surface area contributed by atoms with E-state index in [4.69, 9.17) is 4.74 Å². The second kappa shape index (κ2) is 8.80. The molecular formula is C17H26N2O2. The number of carbonyl (C=O) groups is 1. The molecule has 1 atom stereocenters. The highest BCUT2D eigenvalue weighted by Gasteiger charge is 2.15. The number of nitrogens with zero attached hydrogens (tertiary/aromatic N) is 1. The molecule has 0 bridgehead atoms. The van der Waals surface area contributed by atoms with Gasteiger partial charge in [0.1, 0.15) is 0 Å². The van der Waals surface area contributed by atoms with Crippen molar-refractivity contribution in [2.75, 3.05) is 26.7 Å². The van der Waals surface area contributed by atoms with Gasteiger partial charge in [-0.05, 0) is 38.3 Å². The predicted molar refractivity (Wildman–Crippen MR) is 84.0 cm³/mol. The quantitative estimate of drug-likeness (QED) is 0.837. The summed E-state index contributed by atoms with van der Waals surface area (Å²) in [5.41, 5.74) is 1.13. The molecule has 21 heavy (non-hydrogen) atoms. The van der Waals surface area contributed by atoms with E-state index in [1.165, 1.54) is 12.8 Å². The van der Waals surface area contributed by atoms with Crippen LogP contribution in [0.4, 0.5) is 0 Å². The molecule has 1 amide bonds. The number of hydrogen-bond donors (Lipinski definition) is 1. The molecule has 116 valence electrons. The second-order valence-corrected chi connectivity index (χ2v) is 5.78. The Kier molecular flexibility index (Phi) is 6.70. The Balaban J connectivity index is 1.60. The van der Waals surface area contributed by atoms with E-state index in [-0.39, 0.29) is 5.91 Å². The zero-order chi connectivity index (χ0) is 14.9. The van der Waals surface area contributed by atoms with Crippen LogP contribution in [0.2, 0.25) is 0 Å². The van der Waals surface area contributed by atoms with Crippen LogP contribution in [-0.2, 0) is 16.1 Å². The fourth-order valence-electron chi connectivity index (χ4n) is 2.58. The molecule has 0 aliphatic carbocycles. The summed E-state index contributed by atoms with van der Waals surface area (Å²) in [7, 11) is 1.99. The van der Waals surface area contributed by atoms with E-state index in [1.807, 2.05) is 37.4 Å². The Morgan fingerprint density at radius 1 is 1.33 bits per heavy atom. The number of hydrogen-bond acceptors (Lipinski definition) is 3. The van der Waals surface area contributed by atoms with Crippen molar-refractivity contribution in [3.63, 3.8) is 0 Å². The Labute approximate surface area is 127 Å². The topological polar surface area (TPSA) is 41.6 Å². The third-order valence-electron chi connectivity index (χ3n) is 3.85. The summed E-state index contributed by atoms with van der Waals surface area (Å²) in [6.07, 6.45) is 5.02. The minimum atomic E-state index is 0.0749. The monoisotopic (exact) mass is 290 g/mol. The van der Waals surface area contributed by atoms with Crippen LogP contribution in [0.15, 0.2) is 30.3 Å². The summed E-state index contributed by atoms with van der Waals surface area (Å²) in [5, 5.41) is 2.96. The maximum absolute atomic E-state index is 11.9. The van der Waals surface area contributed by atoms with E-state index in [0.29, 0.717) is 19.2 Å². The third-order valence-corrected chi connectivity index (χ3v) is 3.85. The van der Waals surface area contributed by atoms with Crippen LogP contribution < -0.4 is 5.32 Å². The van der Waals surface area contributed by atoms with Gasteiger partial charge in [0.05, 0.1) is 12.6 Å². The van der Waals surface area contributed by atoms with Crippen molar-refractivity contribution in [2.24, 2.45) is 0 Å². The van der Waals surface area contributed by atoms with Crippen LogP contribution in [0.1, 0.15) is 31.2 Å². The lowest BCUT2D eigenvalue weighted by Crippen LogP contribution is -2.36. The van der Waals surface area contributed by atoms with Gasteiger partial charge >= 0.3 is 0 Å². The summed E-state index contributed by atoms with van der Waals surface area (Å²) in [6.45, 7) is 2.84. The standard InChI is InChI=1S/C17H26N2O2/c1-19(11-10-16-9-5-6-12-21-16)14-17(20)18-13-15-7-3-2-4-8-15/h2-4,7-8,16H,5-6,9-14H2,1H3,(H,18,20)/t16-/m0/s1. The first-order valence-electron chi connectivity index (χ1n) is 7.85. The van der Waals surface area contributed by atoms with Crippen LogP contribution in [0.5, 0.6) is 0 Å². The van der Waals surface area contributed by atoms with Gasteiger partial charge in [-0.15, -0.1) is 0 Å². The van der Waals surface area contributed by atoms with E-state index in [0.717, 1.165) is 31.6 Å². The van der Waals surface area contributed by atoms with Crippen LogP contribution in [0.25, 0.3) is 0 Å². The number of amides is 1. The number of likely N-dealkylation sites (N-methyl/N-ethyl adjacent to an activating group) is 1. The molecule has 1 N–H and O–H groups in total. The highest BCUT2D eigenvalue weighted by atomic mass is 16.5. The zero-order valence-electron chi connectivity index (χ0n) is 12.9. The van der Waals surface area contributed by atoms with Crippen molar-refractivity contribution >= 4 is 5.91 Å². The number of benzene rings is 1. The average molecular weight is 290 g/mol. The van der Waals surface area contributed by atoms with Crippen LogP contribution >= 0.6 is 0 Å². The zero-order valence-corrected chi connectivity index (χ0v) is 12.9. The van der Waals surface area contributed by atoms with Crippen molar-refractivity contribution in [2.45, 2.75) is 38.3 Å². The minimum Gasteiger partial charge on any atom is -0.378 e. The molecule has 1 aliphatic heterocycles. The van der Waals surface area contributed by atoms with E-state index in [1.54, 1.807) is 0 Å².